The van der Waals surface area contributed by atoms with Crippen molar-refractivity contribution in [1.29, 1.82) is 0 Å². The summed E-state index contributed by atoms with van der Waals surface area (Å²) >= 11 is 0. The normalized spacial score (nSPS) is 14.9. The second kappa shape index (κ2) is 9.93. The molecule has 1 N–H and O–H groups in total. The number of carbonyl (C=O) groups is 3. The van der Waals surface area contributed by atoms with Crippen LogP contribution in [0.4, 0.5) is 14.9 Å². The Labute approximate surface area is 203 Å². The number of anilines is 1. The number of carbonyl (C=O) groups excluding carboxylic acids is 3. The lowest BCUT2D eigenvalue weighted by Gasteiger charge is -2.27. The monoisotopic (exact) mass is 472 g/mol. The van der Waals surface area contributed by atoms with Crippen LogP contribution in [0, 0.1) is 19.7 Å². The van der Waals surface area contributed by atoms with Crippen molar-refractivity contribution in [3.63, 3.8) is 0 Å². The molecule has 6 nitrogen and oxygen atoms in total. The Kier molecular flexibility index (Phi) is 6.78. The molecule has 4 rings (SSSR count). The SMILES string of the molecule is CCOc1cc(/C=C2\C(=O)NC(=O)N(c3ccc(C)c(C)c3)C2=O)ccc1Cc1cccc(F)c1. The van der Waals surface area contributed by atoms with E-state index in [1.807, 2.05) is 39.0 Å². The van der Waals surface area contributed by atoms with Crippen molar-refractivity contribution in [2.24, 2.45) is 0 Å². The summed E-state index contributed by atoms with van der Waals surface area (Å²) in [6, 6.07) is 16.1. The predicted molar refractivity (Wildman–Crippen MR) is 132 cm³/mol. The zero-order valence-electron chi connectivity index (χ0n) is 19.7. The van der Waals surface area contributed by atoms with Crippen LogP contribution in [-0.4, -0.2) is 24.5 Å². The number of nitrogens with one attached hydrogen (secondary N) is 1. The molecule has 4 amide bonds. The Hall–Kier alpha value is -4.26. The molecule has 7 heteroatoms. The quantitative estimate of drug-likeness (QED) is 0.400. The molecule has 3 aromatic rings. The molecule has 0 aromatic heterocycles. The third-order valence-corrected chi connectivity index (χ3v) is 5.84. The van der Waals surface area contributed by atoms with Crippen molar-refractivity contribution in [2.75, 3.05) is 11.5 Å². The molecule has 1 saturated heterocycles. The summed E-state index contributed by atoms with van der Waals surface area (Å²) < 4.78 is 19.4. The van der Waals surface area contributed by atoms with Crippen LogP contribution in [0.3, 0.4) is 0 Å². The van der Waals surface area contributed by atoms with Crippen molar-refractivity contribution >= 4 is 29.6 Å². The first-order valence-electron chi connectivity index (χ1n) is 11.3. The summed E-state index contributed by atoms with van der Waals surface area (Å²) in [4.78, 5) is 39.2. The highest BCUT2D eigenvalue weighted by atomic mass is 19.1. The van der Waals surface area contributed by atoms with E-state index < -0.39 is 17.8 Å². The van der Waals surface area contributed by atoms with E-state index in [0.717, 1.165) is 27.2 Å². The van der Waals surface area contributed by atoms with E-state index in [4.69, 9.17) is 4.74 Å². The first-order valence-corrected chi connectivity index (χ1v) is 11.3. The van der Waals surface area contributed by atoms with Crippen molar-refractivity contribution in [1.82, 2.24) is 5.32 Å². The van der Waals surface area contributed by atoms with Crippen LogP contribution in [0.25, 0.3) is 6.08 Å². The number of hydrogen-bond acceptors (Lipinski definition) is 4. The van der Waals surface area contributed by atoms with Gasteiger partial charge < -0.3 is 4.74 Å². The third-order valence-electron chi connectivity index (χ3n) is 5.84. The number of rotatable bonds is 6. The Morgan fingerprint density at radius 3 is 2.49 bits per heavy atom. The van der Waals surface area contributed by atoms with E-state index in [2.05, 4.69) is 5.32 Å². The smallest absolute Gasteiger partial charge is 0.335 e. The maximum atomic E-state index is 13.6. The fraction of sp³-hybridized carbons (Fsp3) is 0.179. The molecule has 0 aliphatic carbocycles. The number of ether oxygens (including phenoxy) is 1. The standard InChI is InChI=1S/C28H25FN2O4/c1-4-35-25-16-20(9-10-21(25)13-19-6-5-7-22(29)14-19)15-24-26(32)30-28(34)31(27(24)33)23-11-8-17(2)18(3)12-23/h5-12,14-16H,4,13H2,1-3H3,(H,30,32,34)/b24-15+. The molecule has 3 aromatic carbocycles. The minimum atomic E-state index is -0.791. The minimum Gasteiger partial charge on any atom is -0.494 e. The van der Waals surface area contributed by atoms with Gasteiger partial charge in [0, 0.05) is 6.42 Å². The van der Waals surface area contributed by atoms with Gasteiger partial charge in [-0.15, -0.1) is 0 Å². The molecule has 1 heterocycles. The summed E-state index contributed by atoms with van der Waals surface area (Å²) in [6.07, 6.45) is 1.89. The zero-order chi connectivity index (χ0) is 25.1. The highest BCUT2D eigenvalue weighted by molar-refractivity contribution is 6.39. The number of halogens is 1. The number of barbiturate groups is 1. The lowest BCUT2D eigenvalue weighted by atomic mass is 10.0. The van der Waals surface area contributed by atoms with Gasteiger partial charge in [0.05, 0.1) is 12.3 Å². The van der Waals surface area contributed by atoms with Gasteiger partial charge in [-0.3, -0.25) is 14.9 Å². The van der Waals surface area contributed by atoms with E-state index in [1.165, 1.54) is 18.2 Å². The second-order valence-electron chi connectivity index (χ2n) is 8.33. The fourth-order valence-corrected chi connectivity index (χ4v) is 3.89. The van der Waals surface area contributed by atoms with Crippen molar-refractivity contribution in [3.05, 3.63) is 99.9 Å². The summed E-state index contributed by atoms with van der Waals surface area (Å²) in [7, 11) is 0. The van der Waals surface area contributed by atoms with Gasteiger partial charge in [-0.1, -0.05) is 30.3 Å². The van der Waals surface area contributed by atoms with Gasteiger partial charge in [0.15, 0.2) is 0 Å². The van der Waals surface area contributed by atoms with Crippen LogP contribution >= 0.6 is 0 Å². The summed E-state index contributed by atoms with van der Waals surface area (Å²) in [6.45, 7) is 6.07. The Bertz CT molecular complexity index is 1360. The van der Waals surface area contributed by atoms with Crippen molar-refractivity contribution < 1.29 is 23.5 Å². The van der Waals surface area contributed by atoms with Crippen LogP contribution in [0.5, 0.6) is 5.75 Å². The average Bonchev–Trinajstić information content (AvgIpc) is 2.80. The molecule has 0 unspecified atom stereocenters. The van der Waals surface area contributed by atoms with Gasteiger partial charge in [0.2, 0.25) is 0 Å². The van der Waals surface area contributed by atoms with Crippen LogP contribution in [0.2, 0.25) is 0 Å². The van der Waals surface area contributed by atoms with Crippen molar-refractivity contribution in [2.45, 2.75) is 27.2 Å². The van der Waals surface area contributed by atoms with E-state index in [9.17, 15) is 18.8 Å². The van der Waals surface area contributed by atoms with E-state index in [-0.39, 0.29) is 11.4 Å². The van der Waals surface area contributed by atoms with Crippen LogP contribution in [0.1, 0.15) is 34.7 Å². The molecule has 0 saturated carbocycles. The van der Waals surface area contributed by atoms with Gasteiger partial charge in [0.1, 0.15) is 17.1 Å². The maximum absolute atomic E-state index is 13.6. The Morgan fingerprint density at radius 2 is 1.77 bits per heavy atom. The number of amides is 4. The topological polar surface area (TPSA) is 75.7 Å². The van der Waals surface area contributed by atoms with Crippen LogP contribution in [-0.2, 0) is 16.0 Å². The highest BCUT2D eigenvalue weighted by Gasteiger charge is 2.36. The molecule has 1 aliphatic heterocycles. The molecule has 1 fully saturated rings. The van der Waals surface area contributed by atoms with E-state index in [1.54, 1.807) is 30.3 Å². The Balaban J connectivity index is 1.67. The lowest BCUT2D eigenvalue weighted by molar-refractivity contribution is -0.122. The van der Waals surface area contributed by atoms with Crippen LogP contribution in [0.15, 0.2) is 66.2 Å². The molecular weight excluding hydrogens is 447 g/mol. The van der Waals surface area contributed by atoms with Gasteiger partial charge in [-0.05, 0) is 85.0 Å². The average molecular weight is 473 g/mol. The minimum absolute atomic E-state index is 0.164. The van der Waals surface area contributed by atoms with Gasteiger partial charge >= 0.3 is 6.03 Å². The van der Waals surface area contributed by atoms with Crippen molar-refractivity contribution in [3.8, 4) is 5.75 Å². The first kappa shape index (κ1) is 23.9. The number of imide groups is 2. The molecular formula is C28H25FN2O4. The number of nitrogens with zero attached hydrogens (tertiary/aromatic N) is 1. The molecule has 35 heavy (non-hydrogen) atoms. The van der Waals surface area contributed by atoms with Gasteiger partial charge in [-0.25, -0.2) is 14.1 Å². The molecule has 0 atom stereocenters. The van der Waals surface area contributed by atoms with Gasteiger partial charge in [-0.2, -0.15) is 0 Å². The number of urea groups is 1. The number of benzene rings is 3. The molecule has 0 radical (unpaired) electrons. The molecule has 1 aliphatic rings. The second-order valence-corrected chi connectivity index (χ2v) is 8.33. The Morgan fingerprint density at radius 1 is 0.971 bits per heavy atom. The number of aryl methyl sites for hydroxylation is 2. The first-order chi connectivity index (χ1) is 16.8. The molecule has 178 valence electrons. The fourth-order valence-electron chi connectivity index (χ4n) is 3.89. The molecule has 0 bridgehead atoms. The summed E-state index contributed by atoms with van der Waals surface area (Å²) in [5, 5.41) is 2.24. The van der Waals surface area contributed by atoms with Gasteiger partial charge in [0.25, 0.3) is 11.8 Å². The summed E-state index contributed by atoms with van der Waals surface area (Å²) in [5.41, 5.74) is 4.35. The highest BCUT2D eigenvalue weighted by Crippen LogP contribution is 2.27. The van der Waals surface area contributed by atoms with Crippen LogP contribution < -0.4 is 15.0 Å². The lowest BCUT2D eigenvalue weighted by Crippen LogP contribution is -2.54. The predicted octanol–water partition coefficient (Wildman–Crippen LogP) is 5.10. The largest absolute Gasteiger partial charge is 0.494 e. The zero-order valence-corrected chi connectivity index (χ0v) is 19.7. The number of hydrogen-bond donors (Lipinski definition) is 1. The van der Waals surface area contributed by atoms with E-state index in [0.29, 0.717) is 30.0 Å². The summed E-state index contributed by atoms with van der Waals surface area (Å²) in [5.74, 6) is -1.21. The molecule has 0 spiro atoms. The third kappa shape index (κ3) is 5.14. The van der Waals surface area contributed by atoms with E-state index >= 15 is 0 Å². The maximum Gasteiger partial charge on any atom is 0.335 e.